The molecular weight excluding hydrogens is 167 g/mol. The van der Waals surface area contributed by atoms with Crippen molar-refractivity contribution in [2.45, 2.75) is 12.6 Å². The van der Waals surface area contributed by atoms with Gasteiger partial charge in [0.2, 0.25) is 0 Å². The van der Waals surface area contributed by atoms with Gasteiger partial charge in [0.05, 0.1) is 0 Å². The van der Waals surface area contributed by atoms with Gasteiger partial charge >= 0.3 is 0 Å². The third kappa shape index (κ3) is 3.20. The van der Waals surface area contributed by atoms with Crippen LogP contribution in [0.3, 0.4) is 0 Å². The quantitative estimate of drug-likeness (QED) is 0.650. The van der Waals surface area contributed by atoms with Crippen LogP contribution in [0.5, 0.6) is 0 Å². The fourth-order valence-corrected chi connectivity index (χ4v) is 0.863. The van der Waals surface area contributed by atoms with Crippen LogP contribution >= 0.6 is 0 Å². The summed E-state index contributed by atoms with van der Waals surface area (Å²) < 4.78 is 13.1. The van der Waals surface area contributed by atoms with Gasteiger partial charge in [-0.25, -0.2) is 4.39 Å². The second kappa shape index (κ2) is 3.99. The summed E-state index contributed by atoms with van der Waals surface area (Å²) in [6.45, 7) is 1.22. The monoisotopic (exact) mass is 178 g/mol. The van der Waals surface area contributed by atoms with Crippen LogP contribution in [0.2, 0.25) is 0 Å². The summed E-state index contributed by atoms with van der Waals surface area (Å²) in [6.07, 6.45) is 3.12. The Morgan fingerprint density at radius 3 is 2.46 bits per heavy atom. The molecule has 0 heterocycles. The summed E-state index contributed by atoms with van der Waals surface area (Å²) in [7, 11) is 0. The van der Waals surface area contributed by atoms with Gasteiger partial charge in [0.25, 0.3) is 0 Å². The van der Waals surface area contributed by atoms with Crippen molar-refractivity contribution in [3.63, 3.8) is 0 Å². The van der Waals surface area contributed by atoms with Gasteiger partial charge in [-0.2, -0.15) is 0 Å². The van der Waals surface area contributed by atoms with Crippen LogP contribution in [0, 0.1) is 0 Å². The number of hydrogen-bond acceptors (Lipinski definition) is 1. The summed E-state index contributed by atoms with van der Waals surface area (Å²) in [5.74, 6) is 0. The topological polar surface area (TPSA) is 17.1 Å². The molecule has 1 aromatic rings. The number of carbonyl (C=O) groups is 1. The van der Waals surface area contributed by atoms with E-state index in [2.05, 4.69) is 0 Å². The molecule has 2 heteroatoms. The predicted octanol–water partition coefficient (Wildman–Crippen LogP) is 2.63. The maximum atomic E-state index is 13.1. The lowest BCUT2D eigenvalue weighted by Crippen LogP contribution is -2.14. The van der Waals surface area contributed by atoms with Crippen LogP contribution in [-0.4, -0.2) is 12.0 Å². The zero-order valence-electron chi connectivity index (χ0n) is 7.41. The Morgan fingerprint density at radius 2 is 1.92 bits per heavy atom. The molecule has 0 aromatic heterocycles. The lowest BCUT2D eigenvalue weighted by molar-refractivity contribution is -0.114. The number of carbonyl (C=O) groups excluding carboxylic acids is 1. The molecule has 0 N–H and O–H groups in total. The van der Waals surface area contributed by atoms with Gasteiger partial charge in [0.1, 0.15) is 0 Å². The number of aldehydes is 1. The van der Waals surface area contributed by atoms with Crippen LogP contribution in [0.25, 0.3) is 6.08 Å². The first-order valence-electron chi connectivity index (χ1n) is 4.03. The van der Waals surface area contributed by atoms with Crippen LogP contribution < -0.4 is 0 Å². The minimum atomic E-state index is -1.87. The van der Waals surface area contributed by atoms with E-state index in [1.807, 2.05) is 30.3 Å². The molecule has 0 saturated heterocycles. The van der Waals surface area contributed by atoms with Crippen LogP contribution in [0.1, 0.15) is 12.5 Å². The van der Waals surface area contributed by atoms with Crippen molar-refractivity contribution in [3.8, 4) is 0 Å². The molecule has 0 amide bonds. The molecule has 0 spiro atoms. The number of benzene rings is 1. The fraction of sp³-hybridized carbons (Fsp3) is 0.182. The van der Waals surface area contributed by atoms with E-state index in [0.29, 0.717) is 0 Å². The molecule has 0 aliphatic heterocycles. The van der Waals surface area contributed by atoms with Crippen molar-refractivity contribution in [1.29, 1.82) is 0 Å². The molecule has 1 nitrogen and oxygen atoms in total. The van der Waals surface area contributed by atoms with Gasteiger partial charge < -0.3 is 0 Å². The molecule has 0 radical (unpaired) electrons. The van der Waals surface area contributed by atoms with Crippen molar-refractivity contribution >= 4 is 12.4 Å². The maximum absolute atomic E-state index is 13.1. The van der Waals surface area contributed by atoms with Crippen molar-refractivity contribution in [2.75, 3.05) is 0 Å². The van der Waals surface area contributed by atoms with E-state index in [-0.39, 0.29) is 6.29 Å². The molecule has 13 heavy (non-hydrogen) atoms. The summed E-state index contributed by atoms with van der Waals surface area (Å²) >= 11 is 0. The number of halogens is 1. The average Bonchev–Trinajstić information content (AvgIpc) is 2.17. The largest absolute Gasteiger partial charge is 0.299 e. The van der Waals surface area contributed by atoms with Gasteiger partial charge in [0.15, 0.2) is 12.0 Å². The average molecular weight is 178 g/mol. The Bertz CT molecular complexity index is 301. The first kappa shape index (κ1) is 9.65. The fourth-order valence-electron chi connectivity index (χ4n) is 0.863. The van der Waals surface area contributed by atoms with E-state index in [0.717, 1.165) is 5.56 Å². The van der Waals surface area contributed by atoms with Crippen LogP contribution in [0.15, 0.2) is 36.4 Å². The molecule has 0 unspecified atom stereocenters. The van der Waals surface area contributed by atoms with Crippen molar-refractivity contribution < 1.29 is 9.18 Å². The number of allylic oxidation sites excluding steroid dienone is 1. The van der Waals surface area contributed by atoms with Crippen LogP contribution in [-0.2, 0) is 4.79 Å². The Balaban J connectivity index is 2.75. The van der Waals surface area contributed by atoms with Gasteiger partial charge in [0, 0.05) is 0 Å². The van der Waals surface area contributed by atoms with E-state index >= 15 is 0 Å². The van der Waals surface area contributed by atoms with Gasteiger partial charge in [-0.05, 0) is 18.6 Å². The second-order valence-corrected chi connectivity index (χ2v) is 3.01. The van der Waals surface area contributed by atoms with E-state index in [1.165, 1.54) is 13.0 Å². The first-order chi connectivity index (χ1) is 6.14. The normalized spacial score (nSPS) is 15.5. The van der Waals surface area contributed by atoms with Crippen molar-refractivity contribution in [1.82, 2.24) is 0 Å². The molecular formula is C11H11FO. The summed E-state index contributed by atoms with van der Waals surface area (Å²) in [5, 5.41) is 0. The third-order valence-corrected chi connectivity index (χ3v) is 1.63. The molecule has 0 aliphatic rings. The zero-order valence-corrected chi connectivity index (χ0v) is 7.41. The highest BCUT2D eigenvalue weighted by Crippen LogP contribution is 2.11. The Hall–Kier alpha value is -1.44. The predicted molar refractivity (Wildman–Crippen MR) is 51.1 cm³/mol. The van der Waals surface area contributed by atoms with E-state index in [1.54, 1.807) is 6.08 Å². The Labute approximate surface area is 76.9 Å². The van der Waals surface area contributed by atoms with Gasteiger partial charge in [-0.1, -0.05) is 36.4 Å². The minimum Gasteiger partial charge on any atom is -0.299 e. The van der Waals surface area contributed by atoms with E-state index in [4.69, 9.17) is 0 Å². The van der Waals surface area contributed by atoms with E-state index in [9.17, 15) is 9.18 Å². The molecule has 1 rings (SSSR count). The molecule has 1 aromatic carbocycles. The summed E-state index contributed by atoms with van der Waals surface area (Å²) in [6, 6.07) is 9.28. The second-order valence-electron chi connectivity index (χ2n) is 3.01. The van der Waals surface area contributed by atoms with Gasteiger partial charge in [-0.15, -0.1) is 0 Å². The standard InChI is InChI=1S/C11H11FO/c1-11(12,9-13)8-7-10-5-3-2-4-6-10/h2-9H,1H3/b8-7+/t11-/m0/s1. The third-order valence-electron chi connectivity index (χ3n) is 1.63. The van der Waals surface area contributed by atoms with E-state index < -0.39 is 5.67 Å². The SMILES string of the molecule is C[C@@](F)(C=O)/C=C/c1ccccc1. The first-order valence-corrected chi connectivity index (χ1v) is 4.03. The summed E-state index contributed by atoms with van der Waals surface area (Å²) in [4.78, 5) is 10.2. The van der Waals surface area contributed by atoms with Gasteiger partial charge in [-0.3, -0.25) is 4.79 Å². The minimum absolute atomic E-state index is 0.284. The number of alkyl halides is 1. The molecule has 0 fully saturated rings. The molecule has 68 valence electrons. The summed E-state index contributed by atoms with van der Waals surface area (Å²) in [5.41, 5.74) is -0.983. The van der Waals surface area contributed by atoms with Crippen molar-refractivity contribution in [3.05, 3.63) is 42.0 Å². The highest BCUT2D eigenvalue weighted by atomic mass is 19.1. The molecule has 1 atom stereocenters. The smallest absolute Gasteiger partial charge is 0.181 e. The molecule has 0 bridgehead atoms. The Kier molecular flexibility index (Phi) is 2.96. The highest BCUT2D eigenvalue weighted by Gasteiger charge is 2.16. The lowest BCUT2D eigenvalue weighted by atomic mass is 10.1. The molecule has 0 saturated carbocycles. The molecule has 0 aliphatic carbocycles. The highest BCUT2D eigenvalue weighted by molar-refractivity contribution is 5.68. The zero-order chi connectivity index (χ0) is 9.73. The lowest BCUT2D eigenvalue weighted by Gasteiger charge is -2.04. The van der Waals surface area contributed by atoms with Crippen molar-refractivity contribution in [2.24, 2.45) is 0 Å². The number of hydrogen-bond donors (Lipinski definition) is 0. The Morgan fingerprint density at radius 1 is 1.31 bits per heavy atom. The van der Waals surface area contributed by atoms with Crippen LogP contribution in [0.4, 0.5) is 4.39 Å². The number of rotatable bonds is 3. The maximum Gasteiger partial charge on any atom is 0.181 e.